The molecular weight excluding hydrogens is 275 g/mol. The second-order valence-electron chi connectivity index (χ2n) is 5.54. The van der Waals surface area contributed by atoms with Crippen LogP contribution in [0.25, 0.3) is 11.3 Å². The van der Waals surface area contributed by atoms with Crippen molar-refractivity contribution in [3.63, 3.8) is 0 Å². The Balaban J connectivity index is 2.05. The topological polar surface area (TPSA) is 64.4 Å². The standard InChI is InChI=1S/C15H17FN2O3/c1-15(2,3)21-14(19)18-7-10-4-5-12(16)11(6-10)13-8-17-9-20-13/h4-6,8-9H,7H2,1-3H3,(H,18,19). The Labute approximate surface area is 122 Å². The summed E-state index contributed by atoms with van der Waals surface area (Å²) in [6.07, 6.45) is 2.15. The molecule has 0 aliphatic rings. The van der Waals surface area contributed by atoms with Gasteiger partial charge in [-0.05, 0) is 38.5 Å². The molecule has 0 unspecified atom stereocenters. The van der Waals surface area contributed by atoms with Crippen LogP contribution in [0.1, 0.15) is 26.3 Å². The van der Waals surface area contributed by atoms with Crippen molar-refractivity contribution in [2.24, 2.45) is 0 Å². The number of nitrogens with one attached hydrogen (secondary N) is 1. The first kappa shape index (κ1) is 15.0. The SMILES string of the molecule is CC(C)(C)OC(=O)NCc1ccc(F)c(-c2cnco2)c1. The normalized spacial score (nSPS) is 11.2. The number of hydrogen-bond acceptors (Lipinski definition) is 4. The maximum atomic E-state index is 13.8. The van der Waals surface area contributed by atoms with Crippen LogP contribution >= 0.6 is 0 Å². The fourth-order valence-corrected chi connectivity index (χ4v) is 1.71. The highest BCUT2D eigenvalue weighted by Gasteiger charge is 2.16. The van der Waals surface area contributed by atoms with Crippen LogP contribution in [0.2, 0.25) is 0 Å². The summed E-state index contributed by atoms with van der Waals surface area (Å²) in [7, 11) is 0. The van der Waals surface area contributed by atoms with Gasteiger partial charge in [-0.2, -0.15) is 0 Å². The molecule has 0 aliphatic carbocycles. The Morgan fingerprint density at radius 3 is 2.81 bits per heavy atom. The second-order valence-corrected chi connectivity index (χ2v) is 5.54. The van der Waals surface area contributed by atoms with Crippen LogP contribution in [-0.2, 0) is 11.3 Å². The van der Waals surface area contributed by atoms with E-state index in [1.807, 2.05) is 0 Å². The molecule has 1 N–H and O–H groups in total. The molecule has 2 rings (SSSR count). The summed E-state index contributed by atoms with van der Waals surface area (Å²) in [4.78, 5) is 15.3. The molecule has 1 heterocycles. The molecule has 2 aromatic rings. The van der Waals surface area contributed by atoms with Crippen LogP contribution in [0.5, 0.6) is 0 Å². The number of aromatic nitrogens is 1. The van der Waals surface area contributed by atoms with Gasteiger partial charge in [-0.1, -0.05) is 6.07 Å². The number of carbonyl (C=O) groups excluding carboxylic acids is 1. The van der Waals surface area contributed by atoms with Gasteiger partial charge in [0.25, 0.3) is 0 Å². The van der Waals surface area contributed by atoms with E-state index in [4.69, 9.17) is 9.15 Å². The molecule has 1 aromatic heterocycles. The van der Waals surface area contributed by atoms with Crippen LogP contribution < -0.4 is 5.32 Å². The van der Waals surface area contributed by atoms with Crippen molar-refractivity contribution in [1.29, 1.82) is 0 Å². The summed E-state index contributed by atoms with van der Waals surface area (Å²) < 4.78 is 24.0. The van der Waals surface area contributed by atoms with Crippen molar-refractivity contribution in [3.8, 4) is 11.3 Å². The highest BCUT2D eigenvalue weighted by molar-refractivity contribution is 5.68. The predicted molar refractivity (Wildman–Crippen MR) is 75.0 cm³/mol. The molecule has 0 saturated carbocycles. The lowest BCUT2D eigenvalue weighted by Crippen LogP contribution is -2.32. The Bertz CT molecular complexity index is 618. The average molecular weight is 292 g/mol. The molecule has 0 spiro atoms. The molecule has 21 heavy (non-hydrogen) atoms. The molecular formula is C15H17FN2O3. The minimum atomic E-state index is -0.558. The van der Waals surface area contributed by atoms with Crippen molar-refractivity contribution in [1.82, 2.24) is 10.3 Å². The van der Waals surface area contributed by atoms with Crippen LogP contribution in [0.3, 0.4) is 0 Å². The van der Waals surface area contributed by atoms with E-state index in [2.05, 4.69) is 10.3 Å². The molecule has 6 heteroatoms. The van der Waals surface area contributed by atoms with Gasteiger partial charge in [-0.3, -0.25) is 0 Å². The third-order valence-corrected chi connectivity index (χ3v) is 2.56. The van der Waals surface area contributed by atoms with Gasteiger partial charge in [0.05, 0.1) is 11.8 Å². The Morgan fingerprint density at radius 2 is 2.19 bits per heavy atom. The van der Waals surface area contributed by atoms with Gasteiger partial charge in [-0.15, -0.1) is 0 Å². The zero-order valence-electron chi connectivity index (χ0n) is 12.1. The van der Waals surface area contributed by atoms with Crippen molar-refractivity contribution >= 4 is 6.09 Å². The van der Waals surface area contributed by atoms with Crippen molar-refractivity contribution in [2.75, 3.05) is 0 Å². The quantitative estimate of drug-likeness (QED) is 0.940. The first-order valence-electron chi connectivity index (χ1n) is 6.49. The van der Waals surface area contributed by atoms with E-state index in [9.17, 15) is 9.18 Å². The van der Waals surface area contributed by atoms with Crippen LogP contribution in [0, 0.1) is 5.82 Å². The highest BCUT2D eigenvalue weighted by atomic mass is 19.1. The molecule has 0 atom stereocenters. The van der Waals surface area contributed by atoms with E-state index in [1.54, 1.807) is 32.9 Å². The lowest BCUT2D eigenvalue weighted by atomic mass is 10.1. The molecule has 0 aliphatic heterocycles. The van der Waals surface area contributed by atoms with Gasteiger partial charge < -0.3 is 14.5 Å². The minimum absolute atomic E-state index is 0.232. The molecule has 0 fully saturated rings. The zero-order chi connectivity index (χ0) is 15.5. The smallest absolute Gasteiger partial charge is 0.407 e. The van der Waals surface area contributed by atoms with Gasteiger partial charge in [0.15, 0.2) is 12.2 Å². The summed E-state index contributed by atoms with van der Waals surface area (Å²) in [5, 5.41) is 2.62. The lowest BCUT2D eigenvalue weighted by molar-refractivity contribution is 0.0523. The maximum Gasteiger partial charge on any atom is 0.407 e. The van der Waals surface area contributed by atoms with Crippen LogP contribution in [0.15, 0.2) is 35.2 Å². The first-order chi connectivity index (χ1) is 9.85. The van der Waals surface area contributed by atoms with Gasteiger partial charge >= 0.3 is 6.09 Å². The number of amides is 1. The monoisotopic (exact) mass is 292 g/mol. The third kappa shape index (κ3) is 4.30. The fraction of sp³-hybridized carbons (Fsp3) is 0.333. The Hall–Kier alpha value is -2.37. The fourth-order valence-electron chi connectivity index (χ4n) is 1.71. The number of rotatable bonds is 3. The molecule has 1 aromatic carbocycles. The number of hydrogen-bond donors (Lipinski definition) is 1. The van der Waals surface area contributed by atoms with E-state index in [1.165, 1.54) is 18.7 Å². The van der Waals surface area contributed by atoms with Crippen molar-refractivity contribution in [2.45, 2.75) is 32.9 Å². The molecule has 0 radical (unpaired) electrons. The minimum Gasteiger partial charge on any atom is -0.444 e. The Kier molecular flexibility index (Phi) is 4.26. The van der Waals surface area contributed by atoms with E-state index < -0.39 is 17.5 Å². The second kappa shape index (κ2) is 5.95. The summed E-state index contributed by atoms with van der Waals surface area (Å²) in [5.41, 5.74) is 0.474. The highest BCUT2D eigenvalue weighted by Crippen LogP contribution is 2.23. The number of oxazole rings is 1. The molecule has 0 bridgehead atoms. The van der Waals surface area contributed by atoms with E-state index in [0.29, 0.717) is 11.3 Å². The van der Waals surface area contributed by atoms with Crippen molar-refractivity contribution in [3.05, 3.63) is 42.2 Å². The number of alkyl carbamates (subject to hydrolysis) is 1. The predicted octanol–water partition coefficient (Wildman–Crippen LogP) is 3.51. The molecule has 112 valence electrons. The Morgan fingerprint density at radius 1 is 1.43 bits per heavy atom. The first-order valence-corrected chi connectivity index (χ1v) is 6.49. The van der Waals surface area contributed by atoms with Crippen LogP contribution in [-0.4, -0.2) is 16.7 Å². The zero-order valence-corrected chi connectivity index (χ0v) is 12.1. The average Bonchev–Trinajstić information content (AvgIpc) is 2.89. The van der Waals surface area contributed by atoms with Crippen LogP contribution in [0.4, 0.5) is 9.18 Å². The van der Waals surface area contributed by atoms with E-state index >= 15 is 0 Å². The maximum absolute atomic E-state index is 13.8. The van der Waals surface area contributed by atoms with Gasteiger partial charge in [0.2, 0.25) is 0 Å². The number of benzene rings is 1. The van der Waals surface area contributed by atoms with Gasteiger partial charge in [-0.25, -0.2) is 14.2 Å². The van der Waals surface area contributed by atoms with E-state index in [-0.39, 0.29) is 6.54 Å². The van der Waals surface area contributed by atoms with Crippen molar-refractivity contribution < 1.29 is 18.3 Å². The number of halogens is 1. The number of nitrogens with zero attached hydrogens (tertiary/aromatic N) is 1. The third-order valence-electron chi connectivity index (χ3n) is 2.56. The summed E-state index contributed by atoms with van der Waals surface area (Å²) in [6, 6.07) is 4.52. The summed E-state index contributed by atoms with van der Waals surface area (Å²) >= 11 is 0. The lowest BCUT2D eigenvalue weighted by Gasteiger charge is -2.19. The number of ether oxygens (including phenoxy) is 1. The van der Waals surface area contributed by atoms with E-state index in [0.717, 1.165) is 5.56 Å². The largest absolute Gasteiger partial charge is 0.444 e. The summed E-state index contributed by atoms with van der Waals surface area (Å²) in [5.74, 6) is -0.0700. The van der Waals surface area contributed by atoms with Gasteiger partial charge in [0, 0.05) is 6.54 Å². The number of carbonyl (C=O) groups is 1. The van der Waals surface area contributed by atoms with Gasteiger partial charge in [0.1, 0.15) is 11.4 Å². The molecule has 1 amide bonds. The molecule has 0 saturated heterocycles. The summed E-state index contributed by atoms with van der Waals surface area (Å²) in [6.45, 7) is 5.59. The molecule has 5 nitrogen and oxygen atoms in total.